The van der Waals surface area contributed by atoms with Crippen molar-refractivity contribution < 1.29 is 9.53 Å². The largest absolute Gasteiger partial charge is 0.494 e. The van der Waals surface area contributed by atoms with Crippen LogP contribution in [0, 0.1) is 0 Å². The van der Waals surface area contributed by atoms with E-state index in [1.165, 1.54) is 16.7 Å². The SMILES string of the molecule is CCOc1ccc(CN(C)CC(=O)N2CCc3ccccc3C2)cc1. The Kier molecular flexibility index (Phi) is 5.71. The van der Waals surface area contributed by atoms with E-state index in [1.54, 1.807) is 0 Å². The van der Waals surface area contributed by atoms with Crippen LogP contribution >= 0.6 is 0 Å². The van der Waals surface area contributed by atoms with Gasteiger partial charge in [0, 0.05) is 19.6 Å². The predicted molar refractivity (Wildman–Crippen MR) is 99.5 cm³/mol. The Hall–Kier alpha value is -2.33. The minimum absolute atomic E-state index is 0.197. The summed E-state index contributed by atoms with van der Waals surface area (Å²) in [6, 6.07) is 16.5. The molecule has 1 heterocycles. The Bertz CT molecular complexity index is 712. The first-order chi connectivity index (χ1) is 12.2. The standard InChI is InChI=1S/C21H26N2O2/c1-3-25-20-10-8-17(9-11-20)14-22(2)16-21(24)23-13-12-18-6-4-5-7-19(18)15-23/h4-11H,3,12-16H2,1-2H3. The number of likely N-dealkylation sites (N-methyl/N-ethyl adjacent to an activating group) is 1. The molecule has 0 radical (unpaired) electrons. The van der Waals surface area contributed by atoms with Gasteiger partial charge in [-0.25, -0.2) is 0 Å². The number of benzene rings is 2. The minimum atomic E-state index is 0.197. The fraction of sp³-hybridized carbons (Fsp3) is 0.381. The molecule has 0 fully saturated rings. The third kappa shape index (κ3) is 4.60. The lowest BCUT2D eigenvalue weighted by Crippen LogP contribution is -2.41. The highest BCUT2D eigenvalue weighted by molar-refractivity contribution is 5.78. The van der Waals surface area contributed by atoms with Gasteiger partial charge >= 0.3 is 0 Å². The fourth-order valence-electron chi connectivity index (χ4n) is 3.26. The van der Waals surface area contributed by atoms with Gasteiger partial charge < -0.3 is 9.64 Å². The Morgan fingerprint density at radius 2 is 1.84 bits per heavy atom. The van der Waals surface area contributed by atoms with Crippen molar-refractivity contribution in [3.05, 3.63) is 65.2 Å². The van der Waals surface area contributed by atoms with E-state index in [1.807, 2.05) is 37.1 Å². The lowest BCUT2D eigenvalue weighted by molar-refractivity contribution is -0.133. The number of fused-ring (bicyclic) bond motifs is 1. The van der Waals surface area contributed by atoms with E-state index in [0.29, 0.717) is 13.2 Å². The Morgan fingerprint density at radius 3 is 2.56 bits per heavy atom. The molecule has 0 saturated heterocycles. The first kappa shape index (κ1) is 17.5. The molecule has 0 saturated carbocycles. The van der Waals surface area contributed by atoms with E-state index in [9.17, 15) is 4.79 Å². The summed E-state index contributed by atoms with van der Waals surface area (Å²) in [6.07, 6.45) is 0.949. The average molecular weight is 338 g/mol. The van der Waals surface area contributed by atoms with E-state index in [2.05, 4.69) is 35.2 Å². The molecule has 1 aliphatic heterocycles. The van der Waals surface area contributed by atoms with Crippen LogP contribution < -0.4 is 4.74 Å². The molecule has 1 aliphatic rings. The van der Waals surface area contributed by atoms with E-state index < -0.39 is 0 Å². The summed E-state index contributed by atoms with van der Waals surface area (Å²) in [7, 11) is 1.99. The van der Waals surface area contributed by atoms with Crippen LogP contribution in [0.4, 0.5) is 0 Å². The molecule has 0 aliphatic carbocycles. The smallest absolute Gasteiger partial charge is 0.237 e. The topological polar surface area (TPSA) is 32.8 Å². The monoisotopic (exact) mass is 338 g/mol. The highest BCUT2D eigenvalue weighted by atomic mass is 16.5. The van der Waals surface area contributed by atoms with Gasteiger partial charge in [-0.3, -0.25) is 9.69 Å². The van der Waals surface area contributed by atoms with Gasteiger partial charge in [0.2, 0.25) is 5.91 Å². The van der Waals surface area contributed by atoms with Crippen LogP contribution in [0.2, 0.25) is 0 Å². The number of carbonyl (C=O) groups is 1. The Balaban J connectivity index is 1.52. The molecule has 0 aromatic heterocycles. The van der Waals surface area contributed by atoms with E-state index in [-0.39, 0.29) is 5.91 Å². The van der Waals surface area contributed by atoms with Gasteiger partial charge in [-0.2, -0.15) is 0 Å². The minimum Gasteiger partial charge on any atom is -0.494 e. The molecule has 1 amide bonds. The molecule has 2 aromatic rings. The Labute approximate surface area is 150 Å². The summed E-state index contributed by atoms with van der Waals surface area (Å²) in [5.41, 5.74) is 3.83. The number of hydrogen-bond donors (Lipinski definition) is 0. The first-order valence-corrected chi connectivity index (χ1v) is 8.90. The molecule has 3 rings (SSSR count). The zero-order chi connectivity index (χ0) is 17.6. The first-order valence-electron chi connectivity index (χ1n) is 8.90. The molecule has 2 aromatic carbocycles. The van der Waals surface area contributed by atoms with Crippen molar-refractivity contribution in [2.24, 2.45) is 0 Å². The van der Waals surface area contributed by atoms with Crippen LogP contribution in [0.3, 0.4) is 0 Å². The summed E-state index contributed by atoms with van der Waals surface area (Å²) in [4.78, 5) is 16.6. The van der Waals surface area contributed by atoms with Crippen molar-refractivity contribution in [1.29, 1.82) is 0 Å². The molecule has 0 bridgehead atoms. The van der Waals surface area contributed by atoms with Gasteiger partial charge in [0.15, 0.2) is 0 Å². The van der Waals surface area contributed by atoms with Crippen molar-refractivity contribution in [2.45, 2.75) is 26.4 Å². The van der Waals surface area contributed by atoms with Crippen molar-refractivity contribution in [2.75, 3.05) is 26.7 Å². The second-order valence-corrected chi connectivity index (χ2v) is 6.58. The molecule has 4 nitrogen and oxygen atoms in total. The molecule has 25 heavy (non-hydrogen) atoms. The summed E-state index contributed by atoms with van der Waals surface area (Å²) in [6.45, 7) is 5.38. The highest BCUT2D eigenvalue weighted by Gasteiger charge is 2.21. The number of rotatable bonds is 6. The van der Waals surface area contributed by atoms with Crippen molar-refractivity contribution >= 4 is 5.91 Å². The third-order valence-electron chi connectivity index (χ3n) is 4.58. The second-order valence-electron chi connectivity index (χ2n) is 6.58. The quantitative estimate of drug-likeness (QED) is 0.811. The summed E-state index contributed by atoms with van der Waals surface area (Å²) < 4.78 is 5.46. The lowest BCUT2D eigenvalue weighted by atomic mass is 10.00. The number of ether oxygens (including phenoxy) is 1. The molecule has 0 unspecified atom stereocenters. The maximum Gasteiger partial charge on any atom is 0.237 e. The van der Waals surface area contributed by atoms with Gasteiger partial charge in [-0.05, 0) is 49.2 Å². The van der Waals surface area contributed by atoms with Crippen LogP contribution in [0.5, 0.6) is 5.75 Å². The summed E-state index contributed by atoms with van der Waals surface area (Å²) in [5.74, 6) is 1.08. The maximum atomic E-state index is 12.6. The van der Waals surface area contributed by atoms with E-state index >= 15 is 0 Å². The maximum absolute atomic E-state index is 12.6. The fourth-order valence-corrected chi connectivity index (χ4v) is 3.26. The molecule has 0 N–H and O–H groups in total. The zero-order valence-corrected chi connectivity index (χ0v) is 15.1. The number of nitrogens with zero attached hydrogens (tertiary/aromatic N) is 2. The molecule has 132 valence electrons. The summed E-state index contributed by atoms with van der Waals surface area (Å²) in [5, 5.41) is 0. The Morgan fingerprint density at radius 1 is 1.12 bits per heavy atom. The van der Waals surface area contributed by atoms with Crippen LogP contribution in [-0.4, -0.2) is 42.5 Å². The lowest BCUT2D eigenvalue weighted by Gasteiger charge is -2.30. The number of carbonyl (C=O) groups excluding carboxylic acids is 1. The number of hydrogen-bond acceptors (Lipinski definition) is 3. The molecular formula is C21H26N2O2. The van der Waals surface area contributed by atoms with Crippen molar-refractivity contribution in [1.82, 2.24) is 9.80 Å². The van der Waals surface area contributed by atoms with Crippen LogP contribution in [0.1, 0.15) is 23.6 Å². The van der Waals surface area contributed by atoms with Crippen LogP contribution in [-0.2, 0) is 24.3 Å². The third-order valence-corrected chi connectivity index (χ3v) is 4.58. The molecular weight excluding hydrogens is 312 g/mol. The van der Waals surface area contributed by atoms with Crippen molar-refractivity contribution in [3.8, 4) is 5.75 Å². The number of amides is 1. The molecule has 0 spiro atoms. The van der Waals surface area contributed by atoms with Crippen molar-refractivity contribution in [3.63, 3.8) is 0 Å². The normalized spacial score (nSPS) is 13.6. The van der Waals surface area contributed by atoms with Gasteiger partial charge in [0.25, 0.3) is 0 Å². The van der Waals surface area contributed by atoms with Gasteiger partial charge in [0.05, 0.1) is 13.2 Å². The van der Waals surface area contributed by atoms with E-state index in [4.69, 9.17) is 4.74 Å². The molecule has 4 heteroatoms. The zero-order valence-electron chi connectivity index (χ0n) is 15.1. The van der Waals surface area contributed by atoms with E-state index in [0.717, 1.165) is 31.8 Å². The molecule has 0 atom stereocenters. The van der Waals surface area contributed by atoms with Crippen LogP contribution in [0.15, 0.2) is 48.5 Å². The van der Waals surface area contributed by atoms with Gasteiger partial charge in [-0.15, -0.1) is 0 Å². The van der Waals surface area contributed by atoms with Crippen LogP contribution in [0.25, 0.3) is 0 Å². The summed E-state index contributed by atoms with van der Waals surface area (Å²) >= 11 is 0. The highest BCUT2D eigenvalue weighted by Crippen LogP contribution is 2.19. The van der Waals surface area contributed by atoms with Gasteiger partial charge in [-0.1, -0.05) is 36.4 Å². The average Bonchev–Trinajstić information content (AvgIpc) is 2.63. The second kappa shape index (κ2) is 8.17. The van der Waals surface area contributed by atoms with Gasteiger partial charge in [0.1, 0.15) is 5.75 Å². The predicted octanol–water partition coefficient (Wildman–Crippen LogP) is 3.10.